The van der Waals surface area contributed by atoms with Crippen LogP contribution in [0.3, 0.4) is 0 Å². The first-order chi connectivity index (χ1) is 11.9. The molecule has 142 valence electrons. The molecule has 0 aliphatic heterocycles. The number of allylic oxidation sites excluding steroid dienone is 2. The van der Waals surface area contributed by atoms with Gasteiger partial charge in [0.25, 0.3) is 0 Å². The van der Waals surface area contributed by atoms with E-state index in [2.05, 4.69) is 40.7 Å². The van der Waals surface area contributed by atoms with Crippen LogP contribution in [-0.2, 0) is 0 Å². The molecule has 0 heteroatoms. The Balaban J connectivity index is 1.60. The smallest absolute Gasteiger partial charge is 0.00851 e. The average Bonchev–Trinajstić information content (AvgIpc) is 2.93. The van der Waals surface area contributed by atoms with Gasteiger partial charge in [-0.15, -0.1) is 0 Å². The summed E-state index contributed by atoms with van der Waals surface area (Å²) in [6.45, 7) is 12.8. The predicted molar refractivity (Wildman–Crippen MR) is 108 cm³/mol. The van der Waals surface area contributed by atoms with Crippen LogP contribution < -0.4 is 0 Å². The lowest BCUT2D eigenvalue weighted by Crippen LogP contribution is -2.50. The molecule has 0 aromatic rings. The van der Waals surface area contributed by atoms with Crippen molar-refractivity contribution in [2.75, 3.05) is 0 Å². The van der Waals surface area contributed by atoms with E-state index in [0.717, 1.165) is 35.5 Å². The third-order valence-corrected chi connectivity index (χ3v) is 9.85. The minimum atomic E-state index is 0.559. The first kappa shape index (κ1) is 18.1. The fourth-order valence-corrected chi connectivity index (χ4v) is 8.47. The fraction of sp³-hybridized carbons (Fsp3) is 0.920. The molecule has 0 bridgehead atoms. The molecule has 0 aromatic heterocycles. The van der Waals surface area contributed by atoms with Crippen LogP contribution in [0.2, 0.25) is 0 Å². The first-order valence-corrected chi connectivity index (χ1v) is 11.6. The Labute approximate surface area is 157 Å². The fourth-order valence-electron chi connectivity index (χ4n) is 8.47. The van der Waals surface area contributed by atoms with Gasteiger partial charge in [-0.3, -0.25) is 0 Å². The number of fused-ring (bicyclic) bond motifs is 5. The van der Waals surface area contributed by atoms with Crippen LogP contribution in [0.1, 0.15) is 98.8 Å². The zero-order valence-corrected chi connectivity index (χ0v) is 17.6. The molecule has 0 heterocycles. The molecule has 3 saturated carbocycles. The molecule has 4 rings (SSSR count). The van der Waals surface area contributed by atoms with Crippen LogP contribution in [-0.4, -0.2) is 0 Å². The van der Waals surface area contributed by atoms with Gasteiger partial charge in [0.05, 0.1) is 0 Å². The summed E-state index contributed by atoms with van der Waals surface area (Å²) in [7, 11) is 0. The topological polar surface area (TPSA) is 0 Å². The standard InChI is InChI=1S/C25H42/c1-6-7-18(3)21-10-11-22-20-9-8-19-16-17(2)12-14-24(19,4)23(20)13-15-25(21,22)5/h8,17-18,20-23H,6-7,9-16H2,1-5H3/t17-,18+,20-,21+,22-,23-,24-,25+/m0/s1. The van der Waals surface area contributed by atoms with E-state index >= 15 is 0 Å². The predicted octanol–water partition coefficient (Wildman–Crippen LogP) is 7.64. The number of rotatable bonds is 3. The van der Waals surface area contributed by atoms with Crippen molar-refractivity contribution in [3.63, 3.8) is 0 Å². The Hall–Kier alpha value is -0.260. The maximum Gasteiger partial charge on any atom is -0.00851 e. The molecule has 0 nitrogen and oxygen atoms in total. The lowest BCUT2D eigenvalue weighted by molar-refractivity contribution is -0.0521. The Morgan fingerprint density at radius 1 is 1.08 bits per heavy atom. The van der Waals surface area contributed by atoms with Crippen molar-refractivity contribution in [2.45, 2.75) is 98.8 Å². The van der Waals surface area contributed by atoms with Crippen LogP contribution in [0.5, 0.6) is 0 Å². The van der Waals surface area contributed by atoms with Gasteiger partial charge < -0.3 is 0 Å². The van der Waals surface area contributed by atoms with Crippen LogP contribution in [0.4, 0.5) is 0 Å². The van der Waals surface area contributed by atoms with Gasteiger partial charge in [-0.2, -0.15) is 0 Å². The van der Waals surface area contributed by atoms with E-state index in [0.29, 0.717) is 10.8 Å². The van der Waals surface area contributed by atoms with Crippen LogP contribution in [0.15, 0.2) is 11.6 Å². The van der Waals surface area contributed by atoms with E-state index in [-0.39, 0.29) is 0 Å². The summed E-state index contributed by atoms with van der Waals surface area (Å²) in [6.07, 6.45) is 17.4. The zero-order chi connectivity index (χ0) is 17.8. The van der Waals surface area contributed by atoms with Crippen molar-refractivity contribution in [3.8, 4) is 0 Å². The Kier molecular flexibility index (Phi) is 4.65. The van der Waals surface area contributed by atoms with Crippen LogP contribution >= 0.6 is 0 Å². The molecule has 0 spiro atoms. The second-order valence-corrected chi connectivity index (χ2v) is 11.1. The third-order valence-electron chi connectivity index (χ3n) is 9.85. The molecule has 0 unspecified atom stereocenters. The van der Waals surface area contributed by atoms with E-state index in [9.17, 15) is 0 Å². The quantitative estimate of drug-likeness (QED) is 0.462. The SMILES string of the molecule is CCC[C@@H](C)[C@H]1CC[C@H]2[C@@H]3CC=C4C[C@@H](C)CC[C@]4(C)[C@H]3CC[C@]12C. The maximum absolute atomic E-state index is 2.74. The van der Waals surface area contributed by atoms with E-state index in [1.54, 1.807) is 0 Å². The van der Waals surface area contributed by atoms with E-state index in [1.807, 2.05) is 5.57 Å². The summed E-state index contributed by atoms with van der Waals surface area (Å²) in [4.78, 5) is 0. The van der Waals surface area contributed by atoms with Gasteiger partial charge in [-0.05, 0) is 97.7 Å². The molecule has 4 aliphatic rings. The van der Waals surface area contributed by atoms with Gasteiger partial charge in [-0.25, -0.2) is 0 Å². The second-order valence-electron chi connectivity index (χ2n) is 11.1. The first-order valence-electron chi connectivity index (χ1n) is 11.6. The minimum absolute atomic E-state index is 0.559. The second kappa shape index (κ2) is 6.42. The highest BCUT2D eigenvalue weighted by molar-refractivity contribution is 5.25. The monoisotopic (exact) mass is 342 g/mol. The van der Waals surface area contributed by atoms with Gasteiger partial charge in [0.15, 0.2) is 0 Å². The van der Waals surface area contributed by atoms with Gasteiger partial charge >= 0.3 is 0 Å². The van der Waals surface area contributed by atoms with Gasteiger partial charge in [-0.1, -0.05) is 59.1 Å². The highest BCUT2D eigenvalue weighted by atomic mass is 14.6. The highest BCUT2D eigenvalue weighted by Gasteiger charge is 2.58. The molecule has 0 saturated heterocycles. The summed E-state index contributed by atoms with van der Waals surface area (Å²) >= 11 is 0. The Morgan fingerprint density at radius 3 is 2.64 bits per heavy atom. The third kappa shape index (κ3) is 2.68. The zero-order valence-electron chi connectivity index (χ0n) is 17.6. The van der Waals surface area contributed by atoms with Gasteiger partial charge in [0.1, 0.15) is 0 Å². The van der Waals surface area contributed by atoms with Crippen molar-refractivity contribution in [2.24, 2.45) is 46.3 Å². The molecular weight excluding hydrogens is 300 g/mol. The highest BCUT2D eigenvalue weighted by Crippen LogP contribution is 2.67. The lowest BCUT2D eigenvalue weighted by Gasteiger charge is -2.58. The maximum atomic E-state index is 2.74. The van der Waals surface area contributed by atoms with Crippen molar-refractivity contribution >= 4 is 0 Å². The van der Waals surface area contributed by atoms with Crippen molar-refractivity contribution in [3.05, 3.63) is 11.6 Å². The molecule has 0 radical (unpaired) electrons. The Bertz CT molecular complexity index is 530. The van der Waals surface area contributed by atoms with Gasteiger partial charge in [0, 0.05) is 0 Å². The van der Waals surface area contributed by atoms with Crippen molar-refractivity contribution < 1.29 is 0 Å². The van der Waals surface area contributed by atoms with Crippen molar-refractivity contribution in [1.29, 1.82) is 0 Å². The number of hydrogen-bond acceptors (Lipinski definition) is 0. The molecule has 25 heavy (non-hydrogen) atoms. The molecule has 0 amide bonds. The van der Waals surface area contributed by atoms with Crippen molar-refractivity contribution in [1.82, 2.24) is 0 Å². The van der Waals surface area contributed by atoms with Gasteiger partial charge in [0.2, 0.25) is 0 Å². The van der Waals surface area contributed by atoms with Crippen LogP contribution in [0, 0.1) is 46.3 Å². The van der Waals surface area contributed by atoms with E-state index < -0.39 is 0 Å². The van der Waals surface area contributed by atoms with E-state index in [1.165, 1.54) is 64.2 Å². The molecule has 0 aromatic carbocycles. The molecular formula is C25H42. The summed E-state index contributed by atoms with van der Waals surface area (Å²) < 4.78 is 0. The Morgan fingerprint density at radius 2 is 1.88 bits per heavy atom. The molecule has 4 aliphatic carbocycles. The van der Waals surface area contributed by atoms with E-state index in [4.69, 9.17) is 0 Å². The molecule has 3 fully saturated rings. The molecule has 8 atom stereocenters. The molecule has 0 N–H and O–H groups in total. The van der Waals surface area contributed by atoms with Crippen LogP contribution in [0.25, 0.3) is 0 Å². The lowest BCUT2D eigenvalue weighted by atomic mass is 9.46. The summed E-state index contributed by atoms with van der Waals surface area (Å²) in [5.41, 5.74) is 3.08. The number of hydrogen-bond donors (Lipinski definition) is 0. The summed E-state index contributed by atoms with van der Waals surface area (Å²) in [6, 6.07) is 0. The largest absolute Gasteiger partial charge is 0.0845 e. The summed E-state index contributed by atoms with van der Waals surface area (Å²) in [5, 5.41) is 0. The average molecular weight is 343 g/mol. The minimum Gasteiger partial charge on any atom is -0.0845 e. The normalized spacial score (nSPS) is 50.4. The summed E-state index contributed by atoms with van der Waals surface area (Å²) in [5.74, 6) is 5.89.